The molecule has 9 heteroatoms. The second-order valence-electron chi connectivity index (χ2n) is 9.42. The van der Waals surface area contributed by atoms with Gasteiger partial charge in [-0.05, 0) is 49.8 Å². The monoisotopic (exact) mass is 527 g/mol. The van der Waals surface area contributed by atoms with Gasteiger partial charge in [0.1, 0.15) is 17.2 Å². The van der Waals surface area contributed by atoms with Crippen LogP contribution < -0.4 is 19.5 Å². The first-order chi connectivity index (χ1) is 17.9. The lowest BCUT2D eigenvalue weighted by atomic mass is 9.78. The second kappa shape index (κ2) is 11.8. The molecule has 37 heavy (non-hydrogen) atoms. The zero-order valence-electron chi connectivity index (χ0n) is 21.6. The van der Waals surface area contributed by atoms with Gasteiger partial charge in [0, 0.05) is 43.9 Å². The van der Waals surface area contributed by atoms with Crippen molar-refractivity contribution < 1.29 is 23.8 Å². The number of amides is 3. The normalized spacial score (nSPS) is 16.8. The van der Waals surface area contributed by atoms with Gasteiger partial charge >= 0.3 is 6.03 Å². The number of rotatable bonds is 7. The van der Waals surface area contributed by atoms with Crippen LogP contribution in [0.2, 0.25) is 5.02 Å². The summed E-state index contributed by atoms with van der Waals surface area (Å²) >= 11 is 6.25. The number of methoxy groups -OCH3 is 2. The number of nitrogens with zero attached hydrogens (tertiary/aromatic N) is 2. The maximum Gasteiger partial charge on any atom is 0.321 e. The molecule has 2 saturated heterocycles. The van der Waals surface area contributed by atoms with E-state index >= 15 is 0 Å². The Hall–Kier alpha value is -3.39. The predicted octanol–water partition coefficient (Wildman–Crippen LogP) is 5.32. The summed E-state index contributed by atoms with van der Waals surface area (Å²) in [6, 6.07) is 10.8. The van der Waals surface area contributed by atoms with Crippen molar-refractivity contribution in [3.05, 3.63) is 53.1 Å². The summed E-state index contributed by atoms with van der Waals surface area (Å²) in [7, 11) is 3.06. The third kappa shape index (κ3) is 6.13. The summed E-state index contributed by atoms with van der Waals surface area (Å²) in [5.74, 6) is 1.72. The molecule has 2 heterocycles. The first kappa shape index (κ1) is 26.7. The van der Waals surface area contributed by atoms with Gasteiger partial charge in [0.25, 0.3) is 0 Å². The van der Waals surface area contributed by atoms with Crippen LogP contribution in [0.1, 0.15) is 31.7 Å². The highest BCUT2D eigenvalue weighted by Gasteiger charge is 2.42. The number of hydrogen-bond acceptors (Lipinski definition) is 5. The number of para-hydroxylation sites is 1. The van der Waals surface area contributed by atoms with Crippen molar-refractivity contribution in [1.82, 2.24) is 9.80 Å². The average molecular weight is 528 g/mol. The molecule has 0 unspecified atom stereocenters. The highest BCUT2D eigenvalue weighted by atomic mass is 35.5. The quantitative estimate of drug-likeness (QED) is 0.493. The fraction of sp³-hybridized carbons (Fsp3) is 0.429. The zero-order valence-corrected chi connectivity index (χ0v) is 22.3. The Morgan fingerprint density at radius 2 is 1.68 bits per heavy atom. The smallest absolute Gasteiger partial charge is 0.321 e. The van der Waals surface area contributed by atoms with Crippen LogP contribution in [0, 0.1) is 5.41 Å². The lowest BCUT2D eigenvalue weighted by Crippen LogP contribution is -2.44. The number of halogens is 1. The summed E-state index contributed by atoms with van der Waals surface area (Å²) < 4.78 is 16.3. The third-order valence-electron chi connectivity index (χ3n) is 7.20. The number of likely N-dealkylation sites (tertiary alicyclic amines) is 2. The van der Waals surface area contributed by atoms with E-state index in [0.717, 1.165) is 30.6 Å². The van der Waals surface area contributed by atoms with Crippen LogP contribution in [0.3, 0.4) is 0 Å². The highest BCUT2D eigenvalue weighted by molar-refractivity contribution is 6.32. The van der Waals surface area contributed by atoms with Crippen molar-refractivity contribution in [3.8, 4) is 17.2 Å². The van der Waals surface area contributed by atoms with E-state index in [9.17, 15) is 9.59 Å². The first-order valence-corrected chi connectivity index (χ1v) is 12.9. The molecule has 2 aromatic carbocycles. The standard InChI is InChI=1S/C28H34ClN3O5/c1-4-37-23-8-6-5-7-20(23)9-10-26(33)31-14-11-28(12-15-31)13-16-32(19-28)27(34)30-22-17-21(29)24(35-2)18-25(22)36-3/h5-10,17-18H,4,11-16,19H2,1-3H3,(H,30,34)/b10-9+. The van der Waals surface area contributed by atoms with Gasteiger partial charge in [-0.25, -0.2) is 4.79 Å². The minimum atomic E-state index is -0.189. The molecule has 2 fully saturated rings. The lowest BCUT2D eigenvalue weighted by Gasteiger charge is -2.38. The van der Waals surface area contributed by atoms with Crippen LogP contribution in [0.5, 0.6) is 17.2 Å². The van der Waals surface area contributed by atoms with E-state index in [1.165, 1.54) is 14.2 Å². The van der Waals surface area contributed by atoms with Gasteiger partial charge in [-0.15, -0.1) is 0 Å². The van der Waals surface area contributed by atoms with Gasteiger partial charge in [0.15, 0.2) is 0 Å². The number of piperidine rings is 1. The number of anilines is 1. The summed E-state index contributed by atoms with van der Waals surface area (Å²) in [6.45, 7) is 5.18. The van der Waals surface area contributed by atoms with Gasteiger partial charge in [-0.3, -0.25) is 4.79 Å². The van der Waals surface area contributed by atoms with E-state index in [0.29, 0.717) is 55.0 Å². The molecule has 1 spiro atoms. The molecule has 0 aliphatic carbocycles. The summed E-state index contributed by atoms with van der Waals surface area (Å²) in [4.78, 5) is 29.6. The fourth-order valence-corrected chi connectivity index (χ4v) is 5.28. The van der Waals surface area contributed by atoms with Crippen LogP contribution in [0.15, 0.2) is 42.5 Å². The van der Waals surface area contributed by atoms with Crippen molar-refractivity contribution in [2.45, 2.75) is 26.2 Å². The van der Waals surface area contributed by atoms with E-state index in [4.69, 9.17) is 25.8 Å². The Balaban J connectivity index is 1.32. The number of carbonyl (C=O) groups is 2. The molecular formula is C28H34ClN3O5. The Labute approximate surface area is 223 Å². The van der Waals surface area contributed by atoms with Crippen LogP contribution in [-0.2, 0) is 4.79 Å². The number of nitrogens with one attached hydrogen (secondary N) is 1. The number of ether oxygens (including phenoxy) is 3. The minimum Gasteiger partial charge on any atom is -0.495 e. The van der Waals surface area contributed by atoms with Crippen LogP contribution >= 0.6 is 11.6 Å². The van der Waals surface area contributed by atoms with Crippen molar-refractivity contribution in [2.24, 2.45) is 5.41 Å². The maximum absolute atomic E-state index is 13.0. The van der Waals surface area contributed by atoms with Crippen molar-refractivity contribution in [3.63, 3.8) is 0 Å². The number of carbonyl (C=O) groups excluding carboxylic acids is 2. The fourth-order valence-electron chi connectivity index (χ4n) is 5.04. The molecule has 4 rings (SSSR count). The van der Waals surface area contributed by atoms with Gasteiger partial charge in [0.05, 0.1) is 31.5 Å². The Bertz CT molecular complexity index is 1160. The molecule has 0 bridgehead atoms. The molecule has 1 N–H and O–H groups in total. The van der Waals surface area contributed by atoms with Gasteiger partial charge in [0.2, 0.25) is 5.91 Å². The van der Waals surface area contributed by atoms with Crippen LogP contribution in [-0.4, -0.2) is 68.7 Å². The van der Waals surface area contributed by atoms with Crippen molar-refractivity contribution in [2.75, 3.05) is 52.3 Å². The summed E-state index contributed by atoms with van der Waals surface area (Å²) in [5.41, 5.74) is 1.41. The molecule has 0 radical (unpaired) electrons. The molecule has 0 saturated carbocycles. The lowest BCUT2D eigenvalue weighted by molar-refractivity contribution is -0.128. The van der Waals surface area contributed by atoms with E-state index < -0.39 is 0 Å². The van der Waals surface area contributed by atoms with E-state index in [1.54, 1.807) is 18.2 Å². The van der Waals surface area contributed by atoms with Crippen LogP contribution in [0.25, 0.3) is 6.08 Å². The molecule has 8 nitrogen and oxygen atoms in total. The van der Waals surface area contributed by atoms with Crippen molar-refractivity contribution in [1.29, 1.82) is 0 Å². The molecular weight excluding hydrogens is 494 g/mol. The molecule has 3 amide bonds. The Morgan fingerprint density at radius 3 is 2.35 bits per heavy atom. The number of benzene rings is 2. The van der Waals surface area contributed by atoms with E-state index in [2.05, 4.69) is 5.32 Å². The topological polar surface area (TPSA) is 80.3 Å². The maximum atomic E-state index is 13.0. The SMILES string of the molecule is CCOc1ccccc1/C=C/C(=O)N1CCC2(CC1)CCN(C(=O)Nc1cc(Cl)c(OC)cc1OC)C2. The minimum absolute atomic E-state index is 0.00257. The third-order valence-corrected chi connectivity index (χ3v) is 7.50. The highest BCUT2D eigenvalue weighted by Crippen LogP contribution is 2.41. The largest absolute Gasteiger partial charge is 0.495 e. The molecule has 2 aromatic rings. The Morgan fingerprint density at radius 1 is 1.00 bits per heavy atom. The van der Waals surface area contributed by atoms with Gasteiger partial charge < -0.3 is 29.3 Å². The van der Waals surface area contributed by atoms with E-state index in [1.807, 2.05) is 47.1 Å². The van der Waals surface area contributed by atoms with E-state index in [-0.39, 0.29) is 17.4 Å². The van der Waals surface area contributed by atoms with Crippen LogP contribution in [0.4, 0.5) is 10.5 Å². The average Bonchev–Trinajstić information content (AvgIpc) is 3.32. The Kier molecular flexibility index (Phi) is 8.48. The molecule has 2 aliphatic rings. The second-order valence-corrected chi connectivity index (χ2v) is 9.83. The molecule has 2 aliphatic heterocycles. The molecule has 198 valence electrons. The summed E-state index contributed by atoms with van der Waals surface area (Å²) in [6.07, 6.45) is 6.09. The number of hydrogen-bond donors (Lipinski definition) is 1. The predicted molar refractivity (Wildman–Crippen MR) is 145 cm³/mol. The first-order valence-electron chi connectivity index (χ1n) is 12.5. The molecule has 0 aromatic heterocycles. The number of urea groups is 1. The summed E-state index contributed by atoms with van der Waals surface area (Å²) in [5, 5.41) is 3.32. The van der Waals surface area contributed by atoms with Gasteiger partial charge in [-0.1, -0.05) is 29.8 Å². The molecule has 0 atom stereocenters. The zero-order chi connectivity index (χ0) is 26.4. The van der Waals surface area contributed by atoms with Crippen molar-refractivity contribution >= 4 is 35.3 Å². The van der Waals surface area contributed by atoms with Gasteiger partial charge in [-0.2, -0.15) is 0 Å².